The topological polar surface area (TPSA) is 90.6 Å². The van der Waals surface area contributed by atoms with Crippen LogP contribution in [0.2, 0.25) is 0 Å². The number of H-pyrrole nitrogens is 2. The molecule has 114 valence electrons. The third kappa shape index (κ3) is 2.19. The number of nitrogens with one attached hydrogen (secondary N) is 2. The van der Waals surface area contributed by atoms with E-state index < -0.39 is 0 Å². The van der Waals surface area contributed by atoms with Gasteiger partial charge in [0, 0.05) is 19.0 Å². The second-order valence-electron chi connectivity index (χ2n) is 5.64. The van der Waals surface area contributed by atoms with Gasteiger partial charge in [0.2, 0.25) is 0 Å². The minimum atomic E-state index is -0.245. The number of aryl methyl sites for hydroxylation is 1. The molecular formula is C14H16N6OS. The maximum Gasteiger partial charge on any atom is 0.340 e. The highest BCUT2D eigenvalue weighted by Gasteiger charge is 2.26. The quantitative estimate of drug-likeness (QED) is 0.752. The molecule has 1 saturated heterocycles. The molecule has 1 atom stereocenters. The number of piperidine rings is 1. The van der Waals surface area contributed by atoms with E-state index in [-0.39, 0.29) is 11.6 Å². The van der Waals surface area contributed by atoms with Crippen molar-refractivity contribution in [3.05, 3.63) is 33.6 Å². The van der Waals surface area contributed by atoms with E-state index in [1.165, 1.54) is 5.56 Å². The van der Waals surface area contributed by atoms with Crippen LogP contribution in [0.4, 0.5) is 5.82 Å². The highest BCUT2D eigenvalue weighted by atomic mass is 32.1. The SMILES string of the molecule is Cc1csc2ncnc(N3CCCC(c4n[nH]c(=O)[nH]4)C3)c12. The van der Waals surface area contributed by atoms with E-state index in [1.54, 1.807) is 17.7 Å². The van der Waals surface area contributed by atoms with E-state index in [0.717, 1.165) is 47.8 Å². The molecule has 22 heavy (non-hydrogen) atoms. The Balaban J connectivity index is 1.69. The number of hydrogen-bond acceptors (Lipinski definition) is 6. The van der Waals surface area contributed by atoms with Crippen LogP contribution in [-0.2, 0) is 0 Å². The Hall–Kier alpha value is -2.22. The van der Waals surface area contributed by atoms with Crippen LogP contribution in [0.3, 0.4) is 0 Å². The zero-order chi connectivity index (χ0) is 15.1. The van der Waals surface area contributed by atoms with Crippen LogP contribution in [-0.4, -0.2) is 38.2 Å². The molecule has 7 nitrogen and oxygen atoms in total. The van der Waals surface area contributed by atoms with E-state index in [9.17, 15) is 4.79 Å². The molecule has 3 aromatic rings. The second-order valence-corrected chi connectivity index (χ2v) is 6.50. The molecule has 1 fully saturated rings. The van der Waals surface area contributed by atoms with E-state index in [4.69, 9.17) is 0 Å². The number of aromatic nitrogens is 5. The third-order valence-electron chi connectivity index (χ3n) is 4.16. The summed E-state index contributed by atoms with van der Waals surface area (Å²) in [4.78, 5) is 26.2. The molecule has 0 spiro atoms. The van der Waals surface area contributed by atoms with Gasteiger partial charge >= 0.3 is 5.69 Å². The van der Waals surface area contributed by atoms with Crippen LogP contribution >= 0.6 is 11.3 Å². The standard InChI is InChI=1S/C14H16N6OS/c1-8-6-22-13-10(8)12(15-7-16-13)20-4-2-3-9(5-20)11-17-14(21)19-18-11/h6-7,9H,2-5H2,1H3,(H2,17,18,19,21). The predicted molar refractivity (Wildman–Crippen MR) is 85.5 cm³/mol. The van der Waals surface area contributed by atoms with Gasteiger partial charge in [-0.05, 0) is 30.7 Å². The van der Waals surface area contributed by atoms with Gasteiger partial charge in [0.15, 0.2) is 0 Å². The molecule has 1 aliphatic rings. The lowest BCUT2D eigenvalue weighted by atomic mass is 9.97. The molecule has 0 bridgehead atoms. The highest BCUT2D eigenvalue weighted by molar-refractivity contribution is 7.17. The molecule has 0 amide bonds. The van der Waals surface area contributed by atoms with E-state index in [1.807, 2.05) is 0 Å². The molecule has 4 heterocycles. The number of aromatic amines is 2. The molecule has 0 aromatic carbocycles. The van der Waals surface area contributed by atoms with Crippen LogP contribution in [0, 0.1) is 6.92 Å². The van der Waals surface area contributed by atoms with Crippen LogP contribution in [0.25, 0.3) is 10.2 Å². The first kappa shape index (κ1) is 13.4. The van der Waals surface area contributed by atoms with Gasteiger partial charge in [-0.15, -0.1) is 11.3 Å². The van der Waals surface area contributed by atoms with E-state index >= 15 is 0 Å². The fourth-order valence-corrected chi connectivity index (χ4v) is 3.99. The second kappa shape index (κ2) is 5.20. The van der Waals surface area contributed by atoms with Crippen molar-refractivity contribution in [3.63, 3.8) is 0 Å². The molecule has 4 rings (SSSR count). The van der Waals surface area contributed by atoms with Gasteiger partial charge in [-0.2, -0.15) is 5.10 Å². The minimum Gasteiger partial charge on any atom is -0.355 e. The van der Waals surface area contributed by atoms with Crippen molar-refractivity contribution in [1.82, 2.24) is 25.1 Å². The summed E-state index contributed by atoms with van der Waals surface area (Å²) in [6, 6.07) is 0. The Labute approximate surface area is 130 Å². The predicted octanol–water partition coefficient (Wildman–Crippen LogP) is 1.80. The maximum absolute atomic E-state index is 11.3. The maximum atomic E-state index is 11.3. The zero-order valence-corrected chi connectivity index (χ0v) is 13.0. The molecule has 0 saturated carbocycles. The van der Waals surface area contributed by atoms with Gasteiger partial charge < -0.3 is 4.90 Å². The summed E-state index contributed by atoms with van der Waals surface area (Å²) in [5.74, 6) is 1.95. The zero-order valence-electron chi connectivity index (χ0n) is 12.2. The summed E-state index contributed by atoms with van der Waals surface area (Å²) in [6.45, 7) is 3.87. The van der Waals surface area contributed by atoms with E-state index in [0.29, 0.717) is 0 Å². The number of thiophene rings is 1. The van der Waals surface area contributed by atoms with Gasteiger partial charge in [-0.25, -0.2) is 19.9 Å². The Morgan fingerprint density at radius 2 is 2.32 bits per heavy atom. The average molecular weight is 316 g/mol. The third-order valence-corrected chi connectivity index (χ3v) is 5.17. The number of rotatable bonds is 2. The lowest BCUT2D eigenvalue weighted by Crippen LogP contribution is -2.35. The van der Waals surface area contributed by atoms with Crippen LogP contribution in [0.5, 0.6) is 0 Å². The largest absolute Gasteiger partial charge is 0.355 e. The van der Waals surface area contributed by atoms with Crippen molar-refractivity contribution >= 4 is 27.4 Å². The Morgan fingerprint density at radius 1 is 1.41 bits per heavy atom. The first-order valence-corrected chi connectivity index (χ1v) is 8.18. The fraction of sp³-hybridized carbons (Fsp3) is 0.429. The van der Waals surface area contributed by atoms with Crippen molar-refractivity contribution in [2.24, 2.45) is 0 Å². The Bertz CT molecular complexity index is 865. The molecule has 0 aliphatic carbocycles. The van der Waals surface area contributed by atoms with Gasteiger partial charge in [0.05, 0.1) is 5.39 Å². The van der Waals surface area contributed by atoms with Crippen molar-refractivity contribution in [3.8, 4) is 0 Å². The van der Waals surface area contributed by atoms with Gasteiger partial charge in [0.1, 0.15) is 22.8 Å². The fourth-order valence-electron chi connectivity index (χ4n) is 3.11. The first-order chi connectivity index (χ1) is 10.7. The van der Waals surface area contributed by atoms with Crippen molar-refractivity contribution in [2.75, 3.05) is 18.0 Å². The number of nitrogens with zero attached hydrogens (tertiary/aromatic N) is 4. The van der Waals surface area contributed by atoms with Gasteiger partial charge in [-0.3, -0.25) is 4.98 Å². The summed E-state index contributed by atoms with van der Waals surface area (Å²) in [5.41, 5.74) is 0.969. The summed E-state index contributed by atoms with van der Waals surface area (Å²) >= 11 is 1.65. The number of fused-ring (bicyclic) bond motifs is 1. The van der Waals surface area contributed by atoms with Crippen molar-refractivity contribution < 1.29 is 0 Å². The summed E-state index contributed by atoms with van der Waals surface area (Å²) in [6.07, 6.45) is 3.70. The Kier molecular flexibility index (Phi) is 3.18. The van der Waals surface area contributed by atoms with Crippen LogP contribution < -0.4 is 10.6 Å². The molecule has 0 radical (unpaired) electrons. The number of hydrogen-bond donors (Lipinski definition) is 2. The molecule has 1 aliphatic heterocycles. The van der Waals surface area contributed by atoms with Crippen molar-refractivity contribution in [2.45, 2.75) is 25.7 Å². The van der Waals surface area contributed by atoms with Gasteiger partial charge in [0.25, 0.3) is 0 Å². The van der Waals surface area contributed by atoms with Crippen LogP contribution in [0.15, 0.2) is 16.5 Å². The van der Waals surface area contributed by atoms with E-state index in [2.05, 4.69) is 42.4 Å². The van der Waals surface area contributed by atoms with Crippen LogP contribution in [0.1, 0.15) is 30.1 Å². The molecule has 8 heteroatoms. The molecule has 2 N–H and O–H groups in total. The number of anilines is 1. The molecular weight excluding hydrogens is 300 g/mol. The molecule has 1 unspecified atom stereocenters. The first-order valence-electron chi connectivity index (χ1n) is 7.30. The van der Waals surface area contributed by atoms with Gasteiger partial charge in [-0.1, -0.05) is 0 Å². The monoisotopic (exact) mass is 316 g/mol. The van der Waals surface area contributed by atoms with Crippen molar-refractivity contribution in [1.29, 1.82) is 0 Å². The summed E-state index contributed by atoms with van der Waals surface area (Å²) in [7, 11) is 0. The summed E-state index contributed by atoms with van der Waals surface area (Å²) in [5, 5.41) is 9.80. The Morgan fingerprint density at radius 3 is 3.14 bits per heavy atom. The minimum absolute atomic E-state index is 0.219. The lowest BCUT2D eigenvalue weighted by Gasteiger charge is -2.32. The average Bonchev–Trinajstić information content (AvgIpc) is 3.14. The normalized spacial score (nSPS) is 19.0. The smallest absolute Gasteiger partial charge is 0.340 e. The lowest BCUT2D eigenvalue weighted by molar-refractivity contribution is 0.490. The summed E-state index contributed by atoms with van der Waals surface area (Å²) < 4.78 is 0. The molecule has 3 aromatic heterocycles. The highest BCUT2D eigenvalue weighted by Crippen LogP contribution is 2.34.